The quantitative estimate of drug-likeness (QED) is 0.755. The molecule has 2 aliphatic rings. The Morgan fingerprint density at radius 2 is 1.96 bits per heavy atom. The molecule has 1 saturated heterocycles. The summed E-state index contributed by atoms with van der Waals surface area (Å²) < 4.78 is 5.28. The van der Waals surface area contributed by atoms with Crippen molar-refractivity contribution in [3.05, 3.63) is 47.9 Å². The number of benzene rings is 1. The maximum Gasteiger partial charge on any atom is 0.224 e. The number of allylic oxidation sites excluding steroid dienone is 1. The van der Waals surface area contributed by atoms with Gasteiger partial charge in [0, 0.05) is 36.4 Å². The number of carbonyl (C=O) groups is 1. The Hall–Kier alpha value is -2.07. The molecular weight excluding hydrogens is 348 g/mol. The molecule has 1 fully saturated rings. The normalized spacial score (nSPS) is 19.8. The van der Waals surface area contributed by atoms with Crippen molar-refractivity contribution in [3.8, 4) is 0 Å². The molecule has 0 radical (unpaired) electrons. The lowest BCUT2D eigenvalue weighted by molar-refractivity contribution is -0.121. The lowest BCUT2D eigenvalue weighted by Gasteiger charge is -2.33. The van der Waals surface area contributed by atoms with Crippen LogP contribution in [0.25, 0.3) is 10.8 Å². The molecular formula is C24H32N2O2. The van der Waals surface area contributed by atoms with Gasteiger partial charge in [0.2, 0.25) is 5.91 Å². The van der Waals surface area contributed by atoms with Crippen LogP contribution in [0.15, 0.2) is 46.8 Å². The molecule has 4 rings (SSSR count). The minimum atomic E-state index is 0.120. The number of hydrogen-bond donors (Lipinski definition) is 1. The molecule has 2 heterocycles. The molecule has 4 heteroatoms. The monoisotopic (exact) mass is 380 g/mol. The molecule has 0 bridgehead atoms. The van der Waals surface area contributed by atoms with Crippen molar-refractivity contribution in [1.29, 1.82) is 0 Å². The van der Waals surface area contributed by atoms with Gasteiger partial charge in [-0.3, -0.25) is 9.69 Å². The van der Waals surface area contributed by atoms with Gasteiger partial charge in [0.25, 0.3) is 0 Å². The average molecular weight is 381 g/mol. The summed E-state index contributed by atoms with van der Waals surface area (Å²) in [6.07, 6.45) is 16.5. The highest BCUT2D eigenvalue weighted by Gasteiger charge is 2.21. The minimum Gasteiger partial charge on any atom is -0.471 e. The number of hydrogen-bond acceptors (Lipinski definition) is 3. The first-order valence-corrected chi connectivity index (χ1v) is 10.9. The van der Waals surface area contributed by atoms with E-state index in [9.17, 15) is 4.79 Å². The second-order valence-corrected chi connectivity index (χ2v) is 8.40. The third-order valence-corrected chi connectivity index (χ3v) is 6.23. The molecule has 150 valence electrons. The van der Waals surface area contributed by atoms with E-state index in [1.54, 1.807) is 18.1 Å². The van der Waals surface area contributed by atoms with Gasteiger partial charge in [-0.2, -0.15) is 0 Å². The van der Waals surface area contributed by atoms with Crippen LogP contribution in [0, 0.1) is 0 Å². The number of fused-ring (bicyclic) bond motifs is 1. The van der Waals surface area contributed by atoms with Crippen molar-refractivity contribution >= 4 is 16.7 Å². The van der Waals surface area contributed by atoms with E-state index in [0.29, 0.717) is 12.5 Å². The molecule has 2 aromatic rings. The number of amides is 1. The summed E-state index contributed by atoms with van der Waals surface area (Å²) in [6, 6.07) is 6.33. The Labute approximate surface area is 168 Å². The highest BCUT2D eigenvalue weighted by Crippen LogP contribution is 2.22. The van der Waals surface area contributed by atoms with Crippen molar-refractivity contribution in [3.63, 3.8) is 0 Å². The molecule has 1 amide bonds. The SMILES string of the molecule is O=C(Cc1cccc2cocc12)NC1CCN(CC2=CCCCCCC2)CC1. The number of nitrogens with one attached hydrogen (secondary N) is 1. The van der Waals surface area contributed by atoms with Gasteiger partial charge in [-0.05, 0) is 44.1 Å². The van der Waals surface area contributed by atoms with Crippen molar-refractivity contribution in [2.24, 2.45) is 0 Å². The summed E-state index contributed by atoms with van der Waals surface area (Å²) in [4.78, 5) is 15.1. The van der Waals surface area contributed by atoms with Crippen LogP contribution in [0.5, 0.6) is 0 Å². The third-order valence-electron chi connectivity index (χ3n) is 6.23. The molecule has 1 N–H and O–H groups in total. The summed E-state index contributed by atoms with van der Waals surface area (Å²) in [6.45, 7) is 3.29. The lowest BCUT2D eigenvalue weighted by atomic mass is 9.98. The van der Waals surface area contributed by atoms with Crippen LogP contribution >= 0.6 is 0 Å². The van der Waals surface area contributed by atoms with E-state index in [0.717, 1.165) is 48.8 Å². The summed E-state index contributed by atoms with van der Waals surface area (Å²) in [5.74, 6) is 0.120. The fourth-order valence-electron chi connectivity index (χ4n) is 4.59. The summed E-state index contributed by atoms with van der Waals surface area (Å²) in [7, 11) is 0. The summed E-state index contributed by atoms with van der Waals surface area (Å²) in [5, 5.41) is 5.35. The molecule has 28 heavy (non-hydrogen) atoms. The molecule has 1 aliphatic carbocycles. The third kappa shape index (κ3) is 5.05. The highest BCUT2D eigenvalue weighted by atomic mass is 16.3. The molecule has 1 aromatic carbocycles. The Bertz CT molecular complexity index is 815. The first-order valence-electron chi connectivity index (χ1n) is 10.9. The van der Waals surface area contributed by atoms with Gasteiger partial charge < -0.3 is 9.73 Å². The van der Waals surface area contributed by atoms with Gasteiger partial charge in [0.1, 0.15) is 0 Å². The first kappa shape index (κ1) is 19.3. The number of carbonyl (C=O) groups excluding carboxylic acids is 1. The van der Waals surface area contributed by atoms with Crippen molar-refractivity contribution in [1.82, 2.24) is 10.2 Å². The molecule has 1 aromatic heterocycles. The number of nitrogens with zero attached hydrogens (tertiary/aromatic N) is 1. The molecule has 4 nitrogen and oxygen atoms in total. The van der Waals surface area contributed by atoms with E-state index in [4.69, 9.17) is 4.42 Å². The molecule has 0 unspecified atom stereocenters. The summed E-state index contributed by atoms with van der Waals surface area (Å²) in [5.41, 5.74) is 2.67. The maximum absolute atomic E-state index is 12.6. The van der Waals surface area contributed by atoms with E-state index in [1.165, 1.54) is 38.5 Å². The number of likely N-dealkylation sites (tertiary alicyclic amines) is 1. The van der Waals surface area contributed by atoms with E-state index >= 15 is 0 Å². The van der Waals surface area contributed by atoms with Gasteiger partial charge in [-0.1, -0.05) is 42.7 Å². The average Bonchev–Trinajstić information content (AvgIpc) is 3.15. The Kier molecular flexibility index (Phi) is 6.48. The predicted molar refractivity (Wildman–Crippen MR) is 113 cm³/mol. The van der Waals surface area contributed by atoms with Crippen LogP contribution in [0.4, 0.5) is 0 Å². The molecule has 0 spiro atoms. The standard InChI is InChI=1S/C24H32N2O2/c27-24(15-20-9-6-10-21-17-28-18-23(20)21)25-22-11-13-26(14-12-22)16-19-7-4-2-1-3-5-8-19/h6-7,9-10,17-18,22H,1-5,8,11-16H2,(H,25,27). The van der Waals surface area contributed by atoms with Crippen molar-refractivity contribution in [2.75, 3.05) is 19.6 Å². The second kappa shape index (κ2) is 9.42. The number of furan rings is 1. The zero-order valence-corrected chi connectivity index (χ0v) is 16.8. The smallest absolute Gasteiger partial charge is 0.224 e. The zero-order valence-electron chi connectivity index (χ0n) is 16.8. The van der Waals surface area contributed by atoms with Gasteiger partial charge in [-0.15, -0.1) is 0 Å². The fraction of sp³-hybridized carbons (Fsp3) is 0.542. The zero-order chi connectivity index (χ0) is 19.2. The predicted octanol–water partition coefficient (Wildman–Crippen LogP) is 4.84. The van der Waals surface area contributed by atoms with Crippen LogP contribution in [0.2, 0.25) is 0 Å². The van der Waals surface area contributed by atoms with E-state index in [1.807, 2.05) is 18.2 Å². The van der Waals surface area contributed by atoms with E-state index in [2.05, 4.69) is 16.3 Å². The number of piperidine rings is 1. The van der Waals surface area contributed by atoms with Gasteiger partial charge in [-0.25, -0.2) is 0 Å². The first-order chi connectivity index (χ1) is 13.8. The van der Waals surface area contributed by atoms with Crippen molar-refractivity contribution in [2.45, 2.75) is 63.8 Å². The molecule has 0 atom stereocenters. The lowest BCUT2D eigenvalue weighted by Crippen LogP contribution is -2.45. The Morgan fingerprint density at radius 1 is 1.11 bits per heavy atom. The van der Waals surface area contributed by atoms with E-state index < -0.39 is 0 Å². The van der Waals surface area contributed by atoms with Crippen LogP contribution in [0.1, 0.15) is 56.9 Å². The van der Waals surface area contributed by atoms with Crippen LogP contribution in [0.3, 0.4) is 0 Å². The maximum atomic E-state index is 12.6. The largest absolute Gasteiger partial charge is 0.471 e. The second-order valence-electron chi connectivity index (χ2n) is 8.40. The Morgan fingerprint density at radius 3 is 2.86 bits per heavy atom. The number of rotatable bonds is 5. The molecule has 0 saturated carbocycles. The van der Waals surface area contributed by atoms with Crippen LogP contribution in [-0.4, -0.2) is 36.5 Å². The van der Waals surface area contributed by atoms with Crippen molar-refractivity contribution < 1.29 is 9.21 Å². The Balaban J connectivity index is 1.24. The van der Waals surface area contributed by atoms with Crippen LogP contribution < -0.4 is 5.32 Å². The van der Waals surface area contributed by atoms with Crippen LogP contribution in [-0.2, 0) is 11.2 Å². The highest BCUT2D eigenvalue weighted by molar-refractivity contribution is 5.89. The van der Waals surface area contributed by atoms with Gasteiger partial charge in [0.15, 0.2) is 0 Å². The van der Waals surface area contributed by atoms with E-state index in [-0.39, 0.29) is 5.91 Å². The minimum absolute atomic E-state index is 0.120. The van der Waals surface area contributed by atoms with Gasteiger partial charge in [0.05, 0.1) is 18.9 Å². The molecule has 1 aliphatic heterocycles. The topological polar surface area (TPSA) is 45.5 Å². The van der Waals surface area contributed by atoms with Gasteiger partial charge >= 0.3 is 0 Å². The fourth-order valence-corrected chi connectivity index (χ4v) is 4.59. The summed E-state index contributed by atoms with van der Waals surface area (Å²) >= 11 is 0.